The molecule has 1 atom stereocenters. The lowest BCUT2D eigenvalue weighted by Gasteiger charge is -2.33. The van der Waals surface area contributed by atoms with Crippen molar-refractivity contribution in [3.8, 4) is 0 Å². The number of halogens is 2. The molecule has 1 aliphatic heterocycles. The van der Waals surface area contributed by atoms with E-state index in [-0.39, 0.29) is 24.4 Å². The monoisotopic (exact) mass is 301 g/mol. The minimum absolute atomic E-state index is 0.170. The van der Waals surface area contributed by atoms with Crippen LogP contribution in [0.1, 0.15) is 18.9 Å². The van der Waals surface area contributed by atoms with Crippen LogP contribution in [0.5, 0.6) is 0 Å². The van der Waals surface area contributed by atoms with Gasteiger partial charge in [-0.05, 0) is 12.5 Å². The normalized spacial score (nSPS) is 20.5. The van der Waals surface area contributed by atoms with Crippen LogP contribution in [0.15, 0.2) is 12.1 Å². The molecule has 1 aromatic heterocycles. The molecule has 102 valence electrons. The maximum Gasteiger partial charge on any atom is 0.243 e. The second kappa shape index (κ2) is 5.86. The van der Waals surface area contributed by atoms with E-state index in [9.17, 15) is 9.59 Å². The number of aromatic nitrogens is 1. The number of carbonyl (C=O) groups excluding carboxylic acids is 2. The predicted molar refractivity (Wildman–Crippen MR) is 71.9 cm³/mol. The Labute approximate surface area is 120 Å². The molecule has 1 aliphatic rings. The molecule has 0 aliphatic carbocycles. The van der Waals surface area contributed by atoms with Crippen molar-refractivity contribution in [2.75, 3.05) is 6.54 Å². The van der Waals surface area contributed by atoms with Crippen LogP contribution in [0.2, 0.25) is 10.3 Å². The van der Waals surface area contributed by atoms with Crippen LogP contribution in [0.3, 0.4) is 0 Å². The molecule has 2 amide bonds. The Morgan fingerprint density at radius 3 is 2.79 bits per heavy atom. The summed E-state index contributed by atoms with van der Waals surface area (Å²) in [6, 6.07) is 3.06. The van der Waals surface area contributed by atoms with Gasteiger partial charge in [-0.15, -0.1) is 0 Å². The third kappa shape index (κ3) is 3.23. The van der Waals surface area contributed by atoms with Crippen molar-refractivity contribution in [3.05, 3.63) is 28.0 Å². The zero-order valence-corrected chi connectivity index (χ0v) is 11.8. The first-order chi connectivity index (χ1) is 9.01. The minimum atomic E-state index is -0.329. The van der Waals surface area contributed by atoms with E-state index < -0.39 is 0 Å². The molecule has 1 unspecified atom stereocenters. The van der Waals surface area contributed by atoms with Gasteiger partial charge in [0.05, 0.1) is 12.6 Å². The lowest BCUT2D eigenvalue weighted by atomic mass is 10.1. The zero-order valence-electron chi connectivity index (χ0n) is 10.3. The molecule has 0 aromatic carbocycles. The molecule has 0 radical (unpaired) electrons. The lowest BCUT2D eigenvalue weighted by Crippen LogP contribution is -2.57. The maximum atomic E-state index is 11.7. The first kappa shape index (κ1) is 14.2. The summed E-state index contributed by atoms with van der Waals surface area (Å²) in [5.74, 6) is -0.565. The number of hydrogen-bond donors (Lipinski definition) is 1. The van der Waals surface area contributed by atoms with Crippen molar-refractivity contribution in [1.82, 2.24) is 15.2 Å². The molecule has 5 nitrogen and oxygen atoms in total. The average Bonchev–Trinajstić information content (AvgIpc) is 2.32. The summed E-state index contributed by atoms with van der Waals surface area (Å²) in [5.41, 5.74) is 0.743. The van der Waals surface area contributed by atoms with E-state index in [2.05, 4.69) is 10.3 Å². The van der Waals surface area contributed by atoms with Gasteiger partial charge in [-0.1, -0.05) is 36.2 Å². The Bertz CT molecular complexity index is 522. The van der Waals surface area contributed by atoms with Crippen LogP contribution in [-0.2, 0) is 16.1 Å². The van der Waals surface area contributed by atoms with E-state index >= 15 is 0 Å². The van der Waals surface area contributed by atoms with Gasteiger partial charge in [0.25, 0.3) is 0 Å². The van der Waals surface area contributed by atoms with E-state index in [4.69, 9.17) is 23.2 Å². The summed E-state index contributed by atoms with van der Waals surface area (Å²) in [4.78, 5) is 28.9. The molecule has 19 heavy (non-hydrogen) atoms. The third-order valence-corrected chi connectivity index (χ3v) is 3.54. The van der Waals surface area contributed by atoms with Crippen molar-refractivity contribution in [1.29, 1.82) is 0 Å². The topological polar surface area (TPSA) is 62.3 Å². The zero-order chi connectivity index (χ0) is 14.0. The van der Waals surface area contributed by atoms with Crippen molar-refractivity contribution in [2.24, 2.45) is 0 Å². The van der Waals surface area contributed by atoms with Crippen molar-refractivity contribution >= 4 is 35.0 Å². The standard InChI is InChI=1S/C12H13Cl2N3O2/c1-2-8-12(19)16-10(18)6-17(8)5-7-3-4-9(13)15-11(7)14/h3-4,8H,2,5-6H2,1H3,(H,16,18,19). The molecule has 1 saturated heterocycles. The molecule has 1 aromatic rings. The van der Waals surface area contributed by atoms with Crippen LogP contribution < -0.4 is 5.32 Å². The van der Waals surface area contributed by atoms with Gasteiger partial charge in [-0.25, -0.2) is 4.98 Å². The summed E-state index contributed by atoms with van der Waals surface area (Å²) >= 11 is 11.7. The summed E-state index contributed by atoms with van der Waals surface area (Å²) in [5, 5.41) is 2.94. The van der Waals surface area contributed by atoms with Gasteiger partial charge in [0.15, 0.2) is 0 Å². The van der Waals surface area contributed by atoms with Gasteiger partial charge >= 0.3 is 0 Å². The Morgan fingerprint density at radius 2 is 2.16 bits per heavy atom. The minimum Gasteiger partial charge on any atom is -0.294 e. The van der Waals surface area contributed by atoms with Gasteiger partial charge in [0.1, 0.15) is 10.3 Å². The van der Waals surface area contributed by atoms with Crippen molar-refractivity contribution in [2.45, 2.75) is 25.9 Å². The molecular formula is C12H13Cl2N3O2. The number of hydrogen-bond acceptors (Lipinski definition) is 4. The van der Waals surface area contributed by atoms with Gasteiger partial charge in [0.2, 0.25) is 11.8 Å². The summed E-state index contributed by atoms with van der Waals surface area (Å²) in [6.07, 6.45) is 0.623. The summed E-state index contributed by atoms with van der Waals surface area (Å²) < 4.78 is 0. The molecule has 1 fully saturated rings. The number of nitrogens with one attached hydrogen (secondary N) is 1. The molecule has 7 heteroatoms. The fourth-order valence-electron chi connectivity index (χ4n) is 2.11. The fraction of sp³-hybridized carbons (Fsp3) is 0.417. The molecule has 2 heterocycles. The first-order valence-corrected chi connectivity index (χ1v) is 6.65. The van der Waals surface area contributed by atoms with E-state index in [0.29, 0.717) is 23.3 Å². The number of imide groups is 1. The number of nitrogens with zero attached hydrogens (tertiary/aromatic N) is 2. The second-order valence-corrected chi connectivity index (χ2v) is 5.07. The highest BCUT2D eigenvalue weighted by Gasteiger charge is 2.32. The van der Waals surface area contributed by atoms with E-state index in [0.717, 1.165) is 5.56 Å². The highest BCUT2D eigenvalue weighted by molar-refractivity contribution is 6.32. The maximum absolute atomic E-state index is 11.7. The number of rotatable bonds is 3. The Morgan fingerprint density at radius 1 is 1.42 bits per heavy atom. The quantitative estimate of drug-likeness (QED) is 0.681. The summed E-state index contributed by atoms with van der Waals surface area (Å²) in [6.45, 7) is 2.46. The van der Waals surface area contributed by atoms with Crippen molar-refractivity contribution < 1.29 is 9.59 Å². The van der Waals surface area contributed by atoms with Crippen molar-refractivity contribution in [3.63, 3.8) is 0 Å². The van der Waals surface area contributed by atoms with Gasteiger partial charge in [0, 0.05) is 12.1 Å². The number of pyridine rings is 1. The highest BCUT2D eigenvalue weighted by atomic mass is 35.5. The van der Waals surface area contributed by atoms with Crippen LogP contribution >= 0.6 is 23.2 Å². The molecule has 0 spiro atoms. The largest absolute Gasteiger partial charge is 0.294 e. The molecule has 0 saturated carbocycles. The number of amides is 2. The van der Waals surface area contributed by atoms with E-state index in [1.54, 1.807) is 17.0 Å². The Balaban J connectivity index is 2.20. The van der Waals surface area contributed by atoms with Crippen LogP contribution in [-0.4, -0.2) is 34.3 Å². The number of piperazine rings is 1. The van der Waals surface area contributed by atoms with Crippen LogP contribution in [0.4, 0.5) is 0 Å². The SMILES string of the molecule is CCC1C(=O)NC(=O)CN1Cc1ccc(Cl)nc1Cl. The highest BCUT2D eigenvalue weighted by Crippen LogP contribution is 2.21. The van der Waals surface area contributed by atoms with Crippen LogP contribution in [0.25, 0.3) is 0 Å². The van der Waals surface area contributed by atoms with Gasteiger partial charge < -0.3 is 0 Å². The van der Waals surface area contributed by atoms with Crippen LogP contribution in [0, 0.1) is 0 Å². The van der Waals surface area contributed by atoms with Gasteiger partial charge in [-0.3, -0.25) is 19.8 Å². The molecule has 1 N–H and O–H groups in total. The predicted octanol–water partition coefficient (Wildman–Crippen LogP) is 1.63. The third-order valence-electron chi connectivity index (χ3n) is 3.00. The van der Waals surface area contributed by atoms with E-state index in [1.165, 1.54) is 0 Å². The van der Waals surface area contributed by atoms with Gasteiger partial charge in [-0.2, -0.15) is 0 Å². The smallest absolute Gasteiger partial charge is 0.243 e. The number of carbonyl (C=O) groups is 2. The lowest BCUT2D eigenvalue weighted by molar-refractivity contribution is -0.140. The molecule has 0 bridgehead atoms. The first-order valence-electron chi connectivity index (χ1n) is 5.90. The van der Waals surface area contributed by atoms with E-state index in [1.807, 2.05) is 6.92 Å². The Kier molecular flexibility index (Phi) is 4.39. The second-order valence-electron chi connectivity index (χ2n) is 4.33. The fourth-order valence-corrected chi connectivity index (χ4v) is 2.51. The summed E-state index contributed by atoms with van der Waals surface area (Å²) in [7, 11) is 0. The molecule has 2 rings (SSSR count). The average molecular weight is 302 g/mol. The molecular weight excluding hydrogens is 289 g/mol. The Hall–Kier alpha value is -1.17.